The van der Waals surface area contributed by atoms with Gasteiger partial charge in [0.2, 0.25) is 0 Å². The van der Waals surface area contributed by atoms with E-state index in [1.165, 1.54) is 24.1 Å². The number of piperidine rings is 1. The fourth-order valence-electron chi connectivity index (χ4n) is 3.82. The quantitative estimate of drug-likeness (QED) is 0.839. The number of carbonyl (C=O) groups is 1. The van der Waals surface area contributed by atoms with E-state index in [-0.39, 0.29) is 11.9 Å². The summed E-state index contributed by atoms with van der Waals surface area (Å²) in [7, 11) is 0. The number of amides is 1. The lowest BCUT2D eigenvalue weighted by Crippen LogP contribution is -2.34. The van der Waals surface area contributed by atoms with Crippen molar-refractivity contribution >= 4 is 11.6 Å². The molecule has 3 rings (SSSR count). The van der Waals surface area contributed by atoms with Crippen LogP contribution in [-0.2, 0) is 0 Å². The Morgan fingerprint density at radius 1 is 1.15 bits per heavy atom. The highest BCUT2D eigenvalue weighted by atomic mass is 16.1. The number of aryl methyl sites for hydroxylation is 2. The number of carbonyl (C=O) groups excluding carboxylic acids is 1. The van der Waals surface area contributed by atoms with Crippen LogP contribution in [0.2, 0.25) is 0 Å². The van der Waals surface area contributed by atoms with Crippen LogP contribution in [0.1, 0.15) is 59.8 Å². The van der Waals surface area contributed by atoms with E-state index in [1.807, 2.05) is 39.0 Å². The summed E-state index contributed by atoms with van der Waals surface area (Å²) in [6, 6.07) is 14.6. The number of anilines is 1. The monoisotopic (exact) mass is 350 g/mol. The van der Waals surface area contributed by atoms with Crippen LogP contribution >= 0.6 is 0 Å². The molecule has 1 heterocycles. The van der Waals surface area contributed by atoms with Gasteiger partial charge in [-0.1, -0.05) is 36.8 Å². The Labute approximate surface area is 157 Å². The first-order chi connectivity index (χ1) is 12.4. The Morgan fingerprint density at radius 2 is 1.88 bits per heavy atom. The molecule has 2 aromatic rings. The Hall–Kier alpha value is -2.29. The van der Waals surface area contributed by atoms with Gasteiger partial charge in [-0.25, -0.2) is 0 Å². The van der Waals surface area contributed by atoms with Crippen molar-refractivity contribution in [2.45, 2.75) is 46.6 Å². The van der Waals surface area contributed by atoms with Crippen LogP contribution < -0.4 is 10.2 Å². The molecule has 0 unspecified atom stereocenters. The van der Waals surface area contributed by atoms with E-state index in [1.54, 1.807) is 0 Å². The van der Waals surface area contributed by atoms with E-state index in [0.717, 1.165) is 35.7 Å². The molecule has 1 N–H and O–H groups in total. The lowest BCUT2D eigenvalue weighted by atomic mass is 9.99. The molecule has 0 bridgehead atoms. The third kappa shape index (κ3) is 4.27. The summed E-state index contributed by atoms with van der Waals surface area (Å²) in [6.45, 7) is 10.7. The van der Waals surface area contributed by atoms with Crippen LogP contribution in [-0.4, -0.2) is 19.0 Å². The molecule has 0 aliphatic carbocycles. The highest BCUT2D eigenvalue weighted by Crippen LogP contribution is 2.25. The van der Waals surface area contributed by atoms with Crippen LogP contribution in [0.4, 0.5) is 5.69 Å². The highest BCUT2D eigenvalue weighted by Gasteiger charge is 2.17. The van der Waals surface area contributed by atoms with Crippen LogP contribution in [0.25, 0.3) is 0 Å². The van der Waals surface area contributed by atoms with Crippen LogP contribution in [0.15, 0.2) is 42.5 Å². The molecule has 0 spiro atoms. The number of benzene rings is 2. The fourth-order valence-corrected chi connectivity index (χ4v) is 3.82. The SMILES string of the molecule is Cc1ccc(C(=O)N[C@H](C)c2ccc(N3CCC[C@H](C)C3)cc2)c(C)c1. The molecule has 2 aromatic carbocycles. The molecule has 1 saturated heterocycles. The van der Waals surface area contributed by atoms with E-state index in [0.29, 0.717) is 0 Å². The third-order valence-corrected chi connectivity index (χ3v) is 5.39. The molecule has 1 aliphatic rings. The molecule has 26 heavy (non-hydrogen) atoms. The largest absolute Gasteiger partial charge is 0.371 e. The number of rotatable bonds is 4. The summed E-state index contributed by atoms with van der Waals surface area (Å²) >= 11 is 0. The third-order valence-electron chi connectivity index (χ3n) is 5.39. The molecule has 3 heteroatoms. The van der Waals surface area contributed by atoms with Crippen molar-refractivity contribution in [2.75, 3.05) is 18.0 Å². The first kappa shape index (κ1) is 18.5. The van der Waals surface area contributed by atoms with Gasteiger partial charge >= 0.3 is 0 Å². The summed E-state index contributed by atoms with van der Waals surface area (Å²) < 4.78 is 0. The number of nitrogens with one attached hydrogen (secondary N) is 1. The fraction of sp³-hybridized carbons (Fsp3) is 0.435. The summed E-state index contributed by atoms with van der Waals surface area (Å²) in [5.74, 6) is 0.753. The second-order valence-corrected chi connectivity index (χ2v) is 7.80. The van der Waals surface area contributed by atoms with E-state index in [4.69, 9.17) is 0 Å². The van der Waals surface area contributed by atoms with Gasteiger partial charge in [-0.05, 0) is 68.9 Å². The maximum atomic E-state index is 12.6. The molecular weight excluding hydrogens is 320 g/mol. The Morgan fingerprint density at radius 3 is 2.54 bits per heavy atom. The first-order valence-corrected chi connectivity index (χ1v) is 9.67. The van der Waals surface area contributed by atoms with E-state index >= 15 is 0 Å². The van der Waals surface area contributed by atoms with E-state index in [2.05, 4.69) is 41.4 Å². The lowest BCUT2D eigenvalue weighted by molar-refractivity contribution is 0.0939. The second kappa shape index (κ2) is 7.94. The van der Waals surface area contributed by atoms with Crippen molar-refractivity contribution in [3.8, 4) is 0 Å². The molecule has 0 aromatic heterocycles. The van der Waals surface area contributed by atoms with Gasteiger partial charge in [-0.2, -0.15) is 0 Å². The van der Waals surface area contributed by atoms with Crippen LogP contribution in [0.3, 0.4) is 0 Å². The van der Waals surface area contributed by atoms with Crippen LogP contribution in [0.5, 0.6) is 0 Å². The maximum Gasteiger partial charge on any atom is 0.252 e. The van der Waals surface area contributed by atoms with Gasteiger partial charge in [0, 0.05) is 24.3 Å². The summed E-state index contributed by atoms with van der Waals surface area (Å²) in [6.07, 6.45) is 2.60. The van der Waals surface area contributed by atoms with Crippen molar-refractivity contribution < 1.29 is 4.79 Å². The average Bonchev–Trinajstić information content (AvgIpc) is 2.61. The zero-order chi connectivity index (χ0) is 18.7. The average molecular weight is 351 g/mol. The van der Waals surface area contributed by atoms with Crippen molar-refractivity contribution in [3.05, 3.63) is 64.7 Å². The predicted octanol–water partition coefficient (Wildman–Crippen LogP) is 5.03. The van der Waals surface area contributed by atoms with Crippen molar-refractivity contribution in [1.82, 2.24) is 5.32 Å². The normalized spacial score (nSPS) is 18.5. The molecule has 0 saturated carbocycles. The summed E-state index contributed by atoms with van der Waals surface area (Å²) in [5.41, 5.74) is 5.37. The van der Waals surface area contributed by atoms with Gasteiger partial charge < -0.3 is 10.2 Å². The number of hydrogen-bond acceptors (Lipinski definition) is 2. The standard InChI is InChI=1S/C23H30N2O/c1-16-7-12-22(18(3)14-16)23(26)24-19(4)20-8-10-21(11-9-20)25-13-5-6-17(2)15-25/h7-12,14,17,19H,5-6,13,15H2,1-4H3,(H,24,26)/t17-,19+/m0/s1. The molecule has 138 valence electrons. The van der Waals surface area contributed by atoms with Gasteiger partial charge in [0.05, 0.1) is 6.04 Å². The van der Waals surface area contributed by atoms with Gasteiger partial charge in [-0.15, -0.1) is 0 Å². The summed E-state index contributed by atoms with van der Waals surface area (Å²) in [5, 5.41) is 3.13. The molecule has 1 fully saturated rings. The minimum Gasteiger partial charge on any atom is -0.371 e. The molecule has 2 atom stereocenters. The minimum absolute atomic E-state index is 0.0102. The van der Waals surface area contributed by atoms with Crippen LogP contribution in [0, 0.1) is 19.8 Å². The molecular formula is C23H30N2O. The van der Waals surface area contributed by atoms with E-state index < -0.39 is 0 Å². The molecule has 1 aliphatic heterocycles. The topological polar surface area (TPSA) is 32.3 Å². The predicted molar refractivity (Wildman–Crippen MR) is 109 cm³/mol. The van der Waals surface area contributed by atoms with Crippen molar-refractivity contribution in [3.63, 3.8) is 0 Å². The summed E-state index contributed by atoms with van der Waals surface area (Å²) in [4.78, 5) is 15.1. The van der Waals surface area contributed by atoms with Gasteiger partial charge in [-0.3, -0.25) is 4.79 Å². The number of nitrogens with zero attached hydrogens (tertiary/aromatic N) is 1. The minimum atomic E-state index is -0.0162. The zero-order valence-corrected chi connectivity index (χ0v) is 16.4. The second-order valence-electron chi connectivity index (χ2n) is 7.80. The van der Waals surface area contributed by atoms with E-state index in [9.17, 15) is 4.79 Å². The van der Waals surface area contributed by atoms with Gasteiger partial charge in [0.1, 0.15) is 0 Å². The Balaban J connectivity index is 1.66. The molecule has 1 amide bonds. The zero-order valence-electron chi connectivity index (χ0n) is 16.4. The Kier molecular flexibility index (Phi) is 5.65. The number of hydrogen-bond donors (Lipinski definition) is 1. The molecule has 3 nitrogen and oxygen atoms in total. The Bertz CT molecular complexity index is 766. The highest BCUT2D eigenvalue weighted by molar-refractivity contribution is 5.95. The lowest BCUT2D eigenvalue weighted by Gasteiger charge is -2.33. The first-order valence-electron chi connectivity index (χ1n) is 9.67. The molecule has 0 radical (unpaired) electrons. The van der Waals surface area contributed by atoms with Gasteiger partial charge in [0.25, 0.3) is 5.91 Å². The van der Waals surface area contributed by atoms with Gasteiger partial charge in [0.15, 0.2) is 0 Å². The maximum absolute atomic E-state index is 12.6. The van der Waals surface area contributed by atoms with Crippen molar-refractivity contribution in [2.24, 2.45) is 5.92 Å². The van der Waals surface area contributed by atoms with Crippen molar-refractivity contribution in [1.29, 1.82) is 0 Å². The smallest absolute Gasteiger partial charge is 0.252 e.